The second-order valence-corrected chi connectivity index (χ2v) is 8.18. The van der Waals surface area contributed by atoms with Crippen molar-refractivity contribution in [3.05, 3.63) is 82.4 Å². The van der Waals surface area contributed by atoms with Crippen molar-refractivity contribution in [1.82, 2.24) is 19.6 Å². The normalized spacial score (nSPS) is 14.4. The molecule has 2 amide bonds. The number of nitrogens with zero attached hydrogens (tertiary/aromatic N) is 4. The molecule has 0 atom stereocenters. The molecule has 0 N–H and O–H groups in total. The van der Waals surface area contributed by atoms with Crippen LogP contribution in [0.15, 0.2) is 54.7 Å². The molecule has 6 nitrogen and oxygen atoms in total. The molecule has 1 aliphatic heterocycles. The van der Waals surface area contributed by atoms with Crippen LogP contribution in [0, 0.1) is 5.82 Å². The zero-order chi connectivity index (χ0) is 24.5. The molecule has 0 saturated carbocycles. The molecule has 0 aliphatic carbocycles. The van der Waals surface area contributed by atoms with Gasteiger partial charge in [-0.2, -0.15) is 18.3 Å². The fourth-order valence-electron chi connectivity index (χ4n) is 3.80. The van der Waals surface area contributed by atoms with Crippen molar-refractivity contribution < 1.29 is 27.2 Å². The van der Waals surface area contributed by atoms with E-state index in [2.05, 4.69) is 5.10 Å². The van der Waals surface area contributed by atoms with Crippen LogP contribution in [0.3, 0.4) is 0 Å². The Balaban J connectivity index is 1.48. The molecule has 2 heterocycles. The van der Waals surface area contributed by atoms with Gasteiger partial charge in [-0.05, 0) is 29.8 Å². The quantitative estimate of drug-likeness (QED) is 0.511. The molecule has 1 fully saturated rings. The number of benzene rings is 2. The Morgan fingerprint density at radius 2 is 1.56 bits per heavy atom. The number of piperazine rings is 1. The van der Waals surface area contributed by atoms with E-state index in [9.17, 15) is 27.2 Å². The van der Waals surface area contributed by atoms with Crippen LogP contribution in [0.25, 0.3) is 5.69 Å². The molecule has 1 aliphatic rings. The zero-order valence-corrected chi connectivity index (χ0v) is 18.5. The van der Waals surface area contributed by atoms with E-state index in [4.69, 9.17) is 11.6 Å². The van der Waals surface area contributed by atoms with E-state index in [0.29, 0.717) is 9.70 Å². The molecule has 0 spiro atoms. The Bertz CT molecular complexity index is 1200. The standard InChI is InChI=1S/C23H19ClF4N4O2/c24-16-7-5-15(6-8-16)13-20(33)30-9-11-31(12-10-30)22(34)17-14-29-32(21(17)23(26,27)28)19-4-2-1-3-18(19)25/h1-8,14H,9-13H2. The van der Waals surface area contributed by atoms with Crippen LogP contribution in [-0.4, -0.2) is 57.6 Å². The summed E-state index contributed by atoms with van der Waals surface area (Å²) in [5.74, 6) is -1.93. The smallest absolute Gasteiger partial charge is 0.339 e. The topological polar surface area (TPSA) is 58.4 Å². The van der Waals surface area contributed by atoms with Gasteiger partial charge in [0.15, 0.2) is 5.69 Å². The zero-order valence-electron chi connectivity index (χ0n) is 17.7. The average molecular weight is 495 g/mol. The Hall–Kier alpha value is -3.40. The summed E-state index contributed by atoms with van der Waals surface area (Å²) >= 11 is 5.85. The van der Waals surface area contributed by atoms with Crippen LogP contribution >= 0.6 is 11.6 Å². The van der Waals surface area contributed by atoms with Gasteiger partial charge in [0.05, 0.1) is 18.2 Å². The third-order valence-electron chi connectivity index (χ3n) is 5.54. The molecule has 178 valence electrons. The third-order valence-corrected chi connectivity index (χ3v) is 5.79. The van der Waals surface area contributed by atoms with E-state index in [1.807, 2.05) is 0 Å². The number of hydrogen-bond donors (Lipinski definition) is 0. The van der Waals surface area contributed by atoms with Crippen molar-refractivity contribution in [3.63, 3.8) is 0 Å². The Kier molecular flexibility index (Phi) is 6.60. The van der Waals surface area contributed by atoms with Crippen LogP contribution in [0.1, 0.15) is 21.6 Å². The molecule has 0 bridgehead atoms. The van der Waals surface area contributed by atoms with Gasteiger partial charge in [0.2, 0.25) is 5.91 Å². The van der Waals surface area contributed by atoms with Crippen molar-refractivity contribution in [2.75, 3.05) is 26.2 Å². The molecule has 11 heteroatoms. The van der Waals surface area contributed by atoms with Gasteiger partial charge in [0, 0.05) is 31.2 Å². The SMILES string of the molecule is O=C(Cc1ccc(Cl)cc1)N1CCN(C(=O)c2cnn(-c3ccccc3F)c2C(F)(F)F)CC1. The molecular formula is C23H19ClF4N4O2. The second-order valence-electron chi connectivity index (χ2n) is 7.74. The van der Waals surface area contributed by atoms with Gasteiger partial charge in [-0.3, -0.25) is 9.59 Å². The Morgan fingerprint density at radius 3 is 2.18 bits per heavy atom. The number of alkyl halides is 3. The van der Waals surface area contributed by atoms with Crippen molar-refractivity contribution in [2.24, 2.45) is 0 Å². The number of rotatable bonds is 4. The third kappa shape index (κ3) is 4.91. The highest BCUT2D eigenvalue weighted by Crippen LogP contribution is 2.34. The average Bonchev–Trinajstić information content (AvgIpc) is 3.26. The molecular weight excluding hydrogens is 476 g/mol. The van der Waals surface area contributed by atoms with E-state index < -0.39 is 34.8 Å². The van der Waals surface area contributed by atoms with Crippen molar-refractivity contribution in [2.45, 2.75) is 12.6 Å². The van der Waals surface area contributed by atoms with Crippen LogP contribution in [0.2, 0.25) is 5.02 Å². The molecule has 0 radical (unpaired) electrons. The van der Waals surface area contributed by atoms with E-state index in [1.165, 1.54) is 17.0 Å². The minimum atomic E-state index is -4.94. The number of carbonyl (C=O) groups excluding carboxylic acids is 2. The Labute approximate surface area is 197 Å². The molecule has 3 aromatic rings. The van der Waals surface area contributed by atoms with E-state index >= 15 is 0 Å². The maximum atomic E-state index is 14.1. The summed E-state index contributed by atoms with van der Waals surface area (Å²) in [6, 6.07) is 11.7. The lowest BCUT2D eigenvalue weighted by atomic mass is 10.1. The molecule has 4 rings (SSSR count). The first-order valence-electron chi connectivity index (χ1n) is 10.4. The lowest BCUT2D eigenvalue weighted by Crippen LogP contribution is -2.51. The highest BCUT2D eigenvalue weighted by atomic mass is 35.5. The number of aromatic nitrogens is 2. The minimum absolute atomic E-state index is 0.0629. The van der Waals surface area contributed by atoms with Gasteiger partial charge in [-0.1, -0.05) is 35.9 Å². The highest BCUT2D eigenvalue weighted by Gasteiger charge is 2.42. The monoisotopic (exact) mass is 494 g/mol. The van der Waals surface area contributed by atoms with Gasteiger partial charge < -0.3 is 9.80 Å². The van der Waals surface area contributed by atoms with Crippen LogP contribution in [0.5, 0.6) is 0 Å². The van der Waals surface area contributed by atoms with Crippen molar-refractivity contribution in [3.8, 4) is 5.69 Å². The molecule has 0 unspecified atom stereocenters. The van der Waals surface area contributed by atoms with Gasteiger partial charge >= 0.3 is 6.18 Å². The lowest BCUT2D eigenvalue weighted by molar-refractivity contribution is -0.143. The first-order chi connectivity index (χ1) is 16.1. The predicted octanol–water partition coefficient (Wildman–Crippen LogP) is 4.21. The maximum absolute atomic E-state index is 14.1. The van der Waals surface area contributed by atoms with Crippen molar-refractivity contribution in [1.29, 1.82) is 0 Å². The molecule has 34 heavy (non-hydrogen) atoms. The fourth-order valence-corrected chi connectivity index (χ4v) is 3.93. The Morgan fingerprint density at radius 1 is 0.941 bits per heavy atom. The highest BCUT2D eigenvalue weighted by molar-refractivity contribution is 6.30. The van der Waals surface area contributed by atoms with Gasteiger partial charge in [-0.15, -0.1) is 0 Å². The van der Waals surface area contributed by atoms with E-state index in [-0.39, 0.29) is 38.5 Å². The van der Waals surface area contributed by atoms with Crippen LogP contribution in [-0.2, 0) is 17.4 Å². The summed E-state index contributed by atoms with van der Waals surface area (Å²) in [7, 11) is 0. The maximum Gasteiger partial charge on any atom is 0.434 e. The molecule has 1 saturated heterocycles. The first kappa shape index (κ1) is 23.7. The largest absolute Gasteiger partial charge is 0.434 e. The van der Waals surface area contributed by atoms with Gasteiger partial charge in [0.1, 0.15) is 11.5 Å². The summed E-state index contributed by atoms with van der Waals surface area (Å²) < 4.78 is 56.1. The molecule has 2 aromatic carbocycles. The van der Waals surface area contributed by atoms with E-state index in [1.54, 1.807) is 29.2 Å². The summed E-state index contributed by atoms with van der Waals surface area (Å²) in [6.45, 7) is 0.489. The van der Waals surface area contributed by atoms with E-state index in [0.717, 1.165) is 23.9 Å². The number of carbonyl (C=O) groups is 2. The number of amides is 2. The summed E-state index contributed by atoms with van der Waals surface area (Å²) in [4.78, 5) is 28.3. The fraction of sp³-hybridized carbons (Fsp3) is 0.261. The number of para-hydroxylation sites is 1. The van der Waals surface area contributed by atoms with Gasteiger partial charge in [-0.25, -0.2) is 9.07 Å². The summed E-state index contributed by atoms with van der Waals surface area (Å²) in [6.07, 6.45) is -3.99. The lowest BCUT2D eigenvalue weighted by Gasteiger charge is -2.35. The summed E-state index contributed by atoms with van der Waals surface area (Å²) in [5, 5.41) is 4.22. The predicted molar refractivity (Wildman–Crippen MR) is 116 cm³/mol. The molecule has 1 aromatic heterocycles. The van der Waals surface area contributed by atoms with Crippen LogP contribution in [0.4, 0.5) is 17.6 Å². The second kappa shape index (κ2) is 9.46. The number of halogens is 5. The van der Waals surface area contributed by atoms with Crippen molar-refractivity contribution >= 4 is 23.4 Å². The summed E-state index contributed by atoms with van der Waals surface area (Å²) in [5.41, 5.74) is -1.64. The van der Waals surface area contributed by atoms with Gasteiger partial charge in [0.25, 0.3) is 5.91 Å². The minimum Gasteiger partial charge on any atom is -0.339 e. The number of hydrogen-bond acceptors (Lipinski definition) is 3. The first-order valence-corrected chi connectivity index (χ1v) is 10.7. The van der Waals surface area contributed by atoms with Crippen LogP contribution < -0.4 is 0 Å².